The summed E-state index contributed by atoms with van der Waals surface area (Å²) in [5.41, 5.74) is 1.62. The second-order valence-electron chi connectivity index (χ2n) is 5.56. The van der Waals surface area contributed by atoms with Gasteiger partial charge in [0.05, 0.1) is 5.75 Å². The van der Waals surface area contributed by atoms with Crippen molar-refractivity contribution in [2.45, 2.75) is 20.7 Å². The maximum atomic E-state index is 12.4. The van der Waals surface area contributed by atoms with E-state index in [1.165, 1.54) is 23.1 Å². The lowest BCUT2D eigenvalue weighted by Crippen LogP contribution is -1.89. The molecule has 4 rings (SSSR count). The van der Waals surface area contributed by atoms with E-state index < -0.39 is 5.76 Å². The Kier molecular flexibility index (Phi) is 6.37. The molecule has 2 heterocycles. The summed E-state index contributed by atoms with van der Waals surface area (Å²) in [7, 11) is 0. The molecule has 11 heteroatoms. The smallest absolute Gasteiger partial charge is 0.288 e. The molecule has 0 unspecified atom stereocenters. The number of aromatic nitrogens is 4. The fourth-order valence-electron chi connectivity index (χ4n) is 2.29. The van der Waals surface area contributed by atoms with Crippen molar-refractivity contribution in [1.82, 2.24) is 20.4 Å². The summed E-state index contributed by atoms with van der Waals surface area (Å²) in [5.74, 6) is -0.965. The SMILES string of the molecule is FC(F)Sc1ccc(Nc2nnc(SCc3nnc(-c4ccccc4)o3)s2)cc1. The van der Waals surface area contributed by atoms with Crippen LogP contribution in [0, 0.1) is 0 Å². The first-order chi connectivity index (χ1) is 14.2. The summed E-state index contributed by atoms with van der Waals surface area (Å²) in [4.78, 5) is 0.508. The van der Waals surface area contributed by atoms with Crippen molar-refractivity contribution in [2.75, 3.05) is 5.32 Å². The van der Waals surface area contributed by atoms with Crippen LogP contribution in [0.4, 0.5) is 19.6 Å². The fraction of sp³-hybridized carbons (Fsp3) is 0.111. The molecule has 0 saturated carbocycles. The number of thioether (sulfide) groups is 2. The highest BCUT2D eigenvalue weighted by Gasteiger charge is 2.11. The van der Waals surface area contributed by atoms with E-state index in [0.29, 0.717) is 39.3 Å². The minimum absolute atomic E-state index is 0.480. The number of alkyl halides is 2. The van der Waals surface area contributed by atoms with Gasteiger partial charge in [-0.25, -0.2) is 0 Å². The van der Waals surface area contributed by atoms with Crippen LogP contribution in [0.3, 0.4) is 0 Å². The molecular formula is C18H13F2N5OS3. The van der Waals surface area contributed by atoms with Gasteiger partial charge < -0.3 is 9.73 Å². The summed E-state index contributed by atoms with van der Waals surface area (Å²) in [6.45, 7) is 0. The summed E-state index contributed by atoms with van der Waals surface area (Å²) in [5, 5.41) is 20.1. The summed E-state index contributed by atoms with van der Waals surface area (Å²) in [6.07, 6.45) is 0. The normalized spacial score (nSPS) is 11.1. The third-order valence-electron chi connectivity index (χ3n) is 3.54. The Bertz CT molecular complexity index is 1060. The number of nitrogens with one attached hydrogen (secondary N) is 1. The van der Waals surface area contributed by atoms with Gasteiger partial charge in [-0.15, -0.1) is 20.4 Å². The molecule has 1 N–H and O–H groups in total. The Hall–Kier alpha value is -2.50. The van der Waals surface area contributed by atoms with E-state index in [-0.39, 0.29) is 0 Å². The first-order valence-corrected chi connectivity index (χ1v) is 11.0. The topological polar surface area (TPSA) is 76.7 Å². The Balaban J connectivity index is 1.32. The van der Waals surface area contributed by atoms with Crippen LogP contribution < -0.4 is 5.32 Å². The van der Waals surface area contributed by atoms with Gasteiger partial charge in [0, 0.05) is 16.1 Å². The maximum Gasteiger partial charge on any atom is 0.288 e. The molecule has 2 aromatic carbocycles. The van der Waals surface area contributed by atoms with E-state index in [2.05, 4.69) is 25.7 Å². The van der Waals surface area contributed by atoms with Gasteiger partial charge in [-0.05, 0) is 36.4 Å². The van der Waals surface area contributed by atoms with Gasteiger partial charge >= 0.3 is 0 Å². The highest BCUT2D eigenvalue weighted by atomic mass is 32.2. The highest BCUT2D eigenvalue weighted by molar-refractivity contribution is 8.00. The number of hydrogen-bond donors (Lipinski definition) is 1. The van der Waals surface area contributed by atoms with Crippen molar-refractivity contribution in [3.8, 4) is 11.5 Å². The zero-order chi connectivity index (χ0) is 20.1. The molecule has 0 radical (unpaired) electrons. The van der Waals surface area contributed by atoms with Crippen LogP contribution in [0.5, 0.6) is 0 Å². The fourth-order valence-corrected chi connectivity index (χ4v) is 4.40. The third kappa shape index (κ3) is 5.52. The molecule has 6 nitrogen and oxygen atoms in total. The van der Waals surface area contributed by atoms with Crippen LogP contribution in [-0.4, -0.2) is 26.2 Å². The quantitative estimate of drug-likeness (QED) is 0.331. The van der Waals surface area contributed by atoms with Crippen LogP contribution in [0.15, 0.2) is 68.2 Å². The maximum absolute atomic E-state index is 12.4. The molecule has 29 heavy (non-hydrogen) atoms. The molecule has 0 atom stereocenters. The van der Waals surface area contributed by atoms with Gasteiger partial charge in [0.2, 0.25) is 16.9 Å². The monoisotopic (exact) mass is 449 g/mol. The minimum Gasteiger partial charge on any atom is -0.420 e. The number of nitrogens with zero attached hydrogens (tertiary/aromatic N) is 4. The molecule has 0 aliphatic heterocycles. The van der Waals surface area contributed by atoms with Crippen molar-refractivity contribution in [1.29, 1.82) is 0 Å². The van der Waals surface area contributed by atoms with Crippen molar-refractivity contribution in [3.63, 3.8) is 0 Å². The van der Waals surface area contributed by atoms with Crippen molar-refractivity contribution in [3.05, 3.63) is 60.5 Å². The van der Waals surface area contributed by atoms with Gasteiger partial charge in [-0.3, -0.25) is 0 Å². The zero-order valence-electron chi connectivity index (χ0n) is 14.7. The molecule has 0 spiro atoms. The van der Waals surface area contributed by atoms with Gasteiger partial charge in [-0.1, -0.05) is 53.1 Å². The van der Waals surface area contributed by atoms with Crippen LogP contribution in [0.2, 0.25) is 0 Å². The number of anilines is 2. The van der Waals surface area contributed by atoms with E-state index in [0.717, 1.165) is 15.6 Å². The standard InChI is InChI=1S/C18H13F2N5OS3/c19-16(20)28-13-8-6-12(7-9-13)21-17-24-25-18(29-17)27-10-14-22-23-15(26-14)11-4-2-1-3-5-11/h1-9,16H,10H2,(H,21,24). The first-order valence-electron chi connectivity index (χ1n) is 8.32. The van der Waals surface area contributed by atoms with E-state index in [1.807, 2.05) is 30.3 Å². The zero-order valence-corrected chi connectivity index (χ0v) is 17.1. The number of hydrogen-bond acceptors (Lipinski definition) is 9. The van der Waals surface area contributed by atoms with E-state index in [4.69, 9.17) is 4.42 Å². The predicted molar refractivity (Wildman–Crippen MR) is 111 cm³/mol. The molecule has 4 aromatic rings. The van der Waals surface area contributed by atoms with Crippen molar-refractivity contribution < 1.29 is 13.2 Å². The lowest BCUT2D eigenvalue weighted by molar-refractivity contribution is 0.252. The number of benzene rings is 2. The molecule has 0 amide bonds. The third-order valence-corrected chi connectivity index (χ3v) is 6.22. The summed E-state index contributed by atoms with van der Waals surface area (Å²) >= 11 is 3.34. The molecule has 0 fully saturated rings. The van der Waals surface area contributed by atoms with Gasteiger partial charge in [0.25, 0.3) is 5.76 Å². The molecule has 0 bridgehead atoms. The average molecular weight is 450 g/mol. The van der Waals surface area contributed by atoms with Crippen molar-refractivity contribution in [2.24, 2.45) is 0 Å². The second-order valence-corrected chi connectivity index (χ2v) is 8.82. The largest absolute Gasteiger partial charge is 0.420 e. The van der Waals surface area contributed by atoms with Crippen LogP contribution in [0.1, 0.15) is 5.89 Å². The Labute approximate surface area is 177 Å². The average Bonchev–Trinajstić information content (AvgIpc) is 3.38. The Morgan fingerprint density at radius 2 is 1.76 bits per heavy atom. The number of rotatable bonds is 8. The van der Waals surface area contributed by atoms with Crippen molar-refractivity contribution >= 4 is 45.7 Å². The molecule has 0 saturated heterocycles. The van der Waals surface area contributed by atoms with E-state index in [1.54, 1.807) is 24.3 Å². The molecule has 0 aliphatic rings. The molecular weight excluding hydrogens is 436 g/mol. The Morgan fingerprint density at radius 3 is 2.52 bits per heavy atom. The van der Waals surface area contributed by atoms with E-state index in [9.17, 15) is 8.78 Å². The van der Waals surface area contributed by atoms with Crippen LogP contribution in [0.25, 0.3) is 11.5 Å². The molecule has 2 aromatic heterocycles. The predicted octanol–water partition coefficient (Wildman–Crippen LogP) is 5.94. The lowest BCUT2D eigenvalue weighted by atomic mass is 10.2. The highest BCUT2D eigenvalue weighted by Crippen LogP contribution is 2.31. The second kappa shape index (κ2) is 9.33. The first kappa shape index (κ1) is 19.8. The lowest BCUT2D eigenvalue weighted by Gasteiger charge is -2.03. The van der Waals surface area contributed by atoms with E-state index >= 15 is 0 Å². The number of halogens is 2. The summed E-state index contributed by atoms with van der Waals surface area (Å²) in [6, 6.07) is 16.3. The van der Waals surface area contributed by atoms with Gasteiger partial charge in [-0.2, -0.15) is 8.78 Å². The Morgan fingerprint density at radius 1 is 0.966 bits per heavy atom. The minimum atomic E-state index is -2.43. The van der Waals surface area contributed by atoms with Gasteiger partial charge in [0.1, 0.15) is 0 Å². The molecule has 0 aliphatic carbocycles. The van der Waals surface area contributed by atoms with Crippen LogP contribution >= 0.6 is 34.9 Å². The molecule has 148 valence electrons. The van der Waals surface area contributed by atoms with Crippen LogP contribution in [-0.2, 0) is 5.75 Å². The summed E-state index contributed by atoms with van der Waals surface area (Å²) < 4.78 is 31.2. The van der Waals surface area contributed by atoms with Gasteiger partial charge in [0.15, 0.2) is 4.34 Å².